The predicted octanol–water partition coefficient (Wildman–Crippen LogP) is 3.53. The minimum Gasteiger partial charge on any atom is -0.478 e. The molecule has 26 heavy (non-hydrogen) atoms. The Hall–Kier alpha value is -1.24. The predicted molar refractivity (Wildman–Crippen MR) is 104 cm³/mol. The van der Waals surface area contributed by atoms with Crippen molar-refractivity contribution in [2.24, 2.45) is 5.92 Å². The average Bonchev–Trinajstić information content (AvgIpc) is 3.07. The number of carboxylic acids is 1. The highest BCUT2D eigenvalue weighted by atomic mass is 32.2. The number of fused-ring (bicyclic) bond motifs is 1. The van der Waals surface area contributed by atoms with E-state index in [9.17, 15) is 9.90 Å². The molecule has 3 heterocycles. The van der Waals surface area contributed by atoms with E-state index in [0.717, 1.165) is 37.5 Å². The number of carboxylic acid groups (broad SMARTS) is 1. The molecule has 1 aromatic rings. The molecule has 0 spiro atoms. The molecule has 0 amide bonds. The number of nitrogens with zero attached hydrogens (tertiary/aromatic N) is 2. The van der Waals surface area contributed by atoms with Crippen molar-refractivity contribution < 1.29 is 14.6 Å². The van der Waals surface area contributed by atoms with E-state index in [-0.39, 0.29) is 0 Å². The number of thioether (sulfide) groups is 1. The van der Waals surface area contributed by atoms with Crippen molar-refractivity contribution in [2.45, 2.75) is 48.9 Å². The summed E-state index contributed by atoms with van der Waals surface area (Å²) in [5, 5.41) is 9.78. The van der Waals surface area contributed by atoms with Gasteiger partial charge < -0.3 is 19.6 Å². The van der Waals surface area contributed by atoms with E-state index in [1.165, 1.54) is 31.6 Å². The summed E-state index contributed by atoms with van der Waals surface area (Å²) in [5.41, 5.74) is 1.62. The Bertz CT molecular complexity index is 654. The highest BCUT2D eigenvalue weighted by Crippen LogP contribution is 2.50. The maximum absolute atomic E-state index is 11.4. The van der Waals surface area contributed by atoms with Crippen molar-refractivity contribution in [1.82, 2.24) is 4.90 Å². The fourth-order valence-electron chi connectivity index (χ4n) is 4.52. The highest BCUT2D eigenvalue weighted by Gasteiger charge is 2.41. The third-order valence-corrected chi connectivity index (χ3v) is 7.51. The summed E-state index contributed by atoms with van der Waals surface area (Å²) in [6.45, 7) is 7.39. The van der Waals surface area contributed by atoms with Gasteiger partial charge in [0.1, 0.15) is 0 Å². The van der Waals surface area contributed by atoms with Crippen LogP contribution in [0.3, 0.4) is 0 Å². The van der Waals surface area contributed by atoms with E-state index in [4.69, 9.17) is 4.74 Å². The lowest BCUT2D eigenvalue weighted by molar-refractivity contribution is 0.0696. The Morgan fingerprint density at radius 1 is 1.23 bits per heavy atom. The van der Waals surface area contributed by atoms with E-state index < -0.39 is 5.97 Å². The summed E-state index contributed by atoms with van der Waals surface area (Å²) < 4.78 is 5.59. The van der Waals surface area contributed by atoms with Crippen LogP contribution in [0.2, 0.25) is 0 Å². The number of likely N-dealkylation sites (tertiary alicyclic amines) is 1. The van der Waals surface area contributed by atoms with Crippen molar-refractivity contribution >= 4 is 23.4 Å². The largest absolute Gasteiger partial charge is 0.478 e. The van der Waals surface area contributed by atoms with Gasteiger partial charge in [0.2, 0.25) is 0 Å². The van der Waals surface area contributed by atoms with Gasteiger partial charge in [-0.2, -0.15) is 0 Å². The molecule has 6 heteroatoms. The van der Waals surface area contributed by atoms with Crippen molar-refractivity contribution in [3.8, 4) is 0 Å². The van der Waals surface area contributed by atoms with Gasteiger partial charge >= 0.3 is 5.97 Å². The minimum atomic E-state index is -0.842. The van der Waals surface area contributed by atoms with Crippen molar-refractivity contribution in [3.63, 3.8) is 0 Å². The lowest BCUT2D eigenvalue weighted by Gasteiger charge is -2.42. The third kappa shape index (κ3) is 3.47. The Kier molecular flexibility index (Phi) is 5.43. The molecule has 2 saturated heterocycles. The van der Waals surface area contributed by atoms with E-state index in [2.05, 4.69) is 16.7 Å². The van der Waals surface area contributed by atoms with E-state index in [1.807, 2.05) is 23.9 Å². The Labute approximate surface area is 159 Å². The minimum absolute atomic E-state index is 0.393. The fraction of sp³-hybridized carbons (Fsp3) is 0.650. The normalized spacial score (nSPS) is 25.4. The first-order chi connectivity index (χ1) is 12.7. The van der Waals surface area contributed by atoms with Crippen LogP contribution in [-0.4, -0.2) is 60.2 Å². The number of aromatic carboxylic acids is 1. The Balaban J connectivity index is 1.61. The number of hydrogen-bond acceptors (Lipinski definition) is 5. The SMILES string of the molecule is CCN1CCC(C2Sc3cc(C(=O)O)ccc3N2C2CCOCC2)CC1. The lowest BCUT2D eigenvalue weighted by atomic mass is 9.94. The smallest absolute Gasteiger partial charge is 0.335 e. The first kappa shape index (κ1) is 18.1. The van der Waals surface area contributed by atoms with Crippen LogP contribution < -0.4 is 4.90 Å². The molecule has 1 N–H and O–H groups in total. The molecule has 4 rings (SSSR count). The number of hydrogen-bond donors (Lipinski definition) is 1. The van der Waals surface area contributed by atoms with Crippen molar-refractivity contribution in [1.29, 1.82) is 0 Å². The Morgan fingerprint density at radius 3 is 2.62 bits per heavy atom. The van der Waals surface area contributed by atoms with Gasteiger partial charge in [-0.3, -0.25) is 0 Å². The summed E-state index contributed by atoms with van der Waals surface area (Å²) in [6.07, 6.45) is 4.58. The number of benzene rings is 1. The second-order valence-corrected chi connectivity index (χ2v) is 8.68. The zero-order valence-electron chi connectivity index (χ0n) is 15.4. The number of anilines is 1. The number of piperidine rings is 1. The number of carbonyl (C=O) groups is 1. The summed E-state index contributed by atoms with van der Waals surface area (Å²) in [6, 6.07) is 6.16. The standard InChI is InChI=1S/C20H28N2O3S/c1-2-21-9-5-14(6-10-21)19-22(16-7-11-25-12-8-16)17-4-3-15(20(23)24)13-18(17)26-19/h3-4,13-14,16,19H,2,5-12H2,1H3,(H,23,24). The second-order valence-electron chi connectivity index (χ2n) is 7.52. The monoisotopic (exact) mass is 376 g/mol. The molecule has 0 aromatic heterocycles. The first-order valence-corrected chi connectivity index (χ1v) is 10.7. The number of rotatable bonds is 4. The van der Waals surface area contributed by atoms with Crippen LogP contribution in [-0.2, 0) is 4.74 Å². The van der Waals surface area contributed by atoms with E-state index in [1.54, 1.807) is 6.07 Å². The maximum atomic E-state index is 11.4. The second kappa shape index (κ2) is 7.79. The molecule has 142 valence electrons. The fourth-order valence-corrected chi connectivity index (χ4v) is 6.14. The molecule has 2 fully saturated rings. The van der Waals surface area contributed by atoms with Crippen LogP contribution in [0.4, 0.5) is 5.69 Å². The van der Waals surface area contributed by atoms with E-state index >= 15 is 0 Å². The summed E-state index contributed by atoms with van der Waals surface area (Å²) >= 11 is 1.89. The van der Waals surface area contributed by atoms with Gasteiger partial charge in [0.25, 0.3) is 0 Å². The molecule has 0 bridgehead atoms. The van der Waals surface area contributed by atoms with Crippen LogP contribution in [0, 0.1) is 5.92 Å². The van der Waals surface area contributed by atoms with E-state index in [0.29, 0.717) is 22.9 Å². The van der Waals surface area contributed by atoms with Gasteiger partial charge in [0, 0.05) is 24.2 Å². The molecule has 3 aliphatic heterocycles. The molecule has 0 aliphatic carbocycles. The highest BCUT2D eigenvalue weighted by molar-refractivity contribution is 8.00. The van der Waals surface area contributed by atoms with Gasteiger partial charge in [-0.1, -0.05) is 18.7 Å². The number of ether oxygens (including phenoxy) is 1. The van der Waals surface area contributed by atoms with Gasteiger partial charge in [0.15, 0.2) is 0 Å². The van der Waals surface area contributed by atoms with Gasteiger partial charge in [-0.15, -0.1) is 0 Å². The zero-order chi connectivity index (χ0) is 18.1. The molecule has 1 aromatic carbocycles. The van der Waals surface area contributed by atoms with Crippen molar-refractivity contribution in [3.05, 3.63) is 23.8 Å². The van der Waals surface area contributed by atoms with Gasteiger partial charge in [0.05, 0.1) is 16.6 Å². The van der Waals surface area contributed by atoms with Crippen LogP contribution in [0.1, 0.15) is 43.0 Å². The average molecular weight is 377 g/mol. The van der Waals surface area contributed by atoms with Gasteiger partial charge in [-0.05, 0) is 69.4 Å². The maximum Gasteiger partial charge on any atom is 0.335 e. The van der Waals surface area contributed by atoms with Crippen molar-refractivity contribution in [2.75, 3.05) is 37.7 Å². The summed E-state index contributed by atoms with van der Waals surface area (Å²) in [5.74, 6) is -0.183. The molecule has 0 saturated carbocycles. The summed E-state index contributed by atoms with van der Waals surface area (Å²) in [7, 11) is 0. The molecule has 5 nitrogen and oxygen atoms in total. The topological polar surface area (TPSA) is 53.0 Å². The van der Waals surface area contributed by atoms with Crippen LogP contribution >= 0.6 is 11.8 Å². The Morgan fingerprint density at radius 2 is 1.96 bits per heavy atom. The molecular formula is C20H28N2O3S. The van der Waals surface area contributed by atoms with Crippen LogP contribution in [0.15, 0.2) is 23.1 Å². The molecular weight excluding hydrogens is 348 g/mol. The molecule has 0 radical (unpaired) electrons. The van der Waals surface area contributed by atoms with Gasteiger partial charge in [-0.25, -0.2) is 4.79 Å². The first-order valence-electron chi connectivity index (χ1n) is 9.80. The third-order valence-electron chi connectivity index (χ3n) is 6.07. The zero-order valence-corrected chi connectivity index (χ0v) is 16.2. The molecule has 3 aliphatic rings. The lowest BCUT2D eigenvalue weighted by Crippen LogP contribution is -2.48. The van der Waals surface area contributed by atoms with Crippen LogP contribution in [0.25, 0.3) is 0 Å². The summed E-state index contributed by atoms with van der Waals surface area (Å²) in [4.78, 5) is 17.7. The molecule has 1 unspecified atom stereocenters. The molecule has 1 atom stereocenters. The van der Waals surface area contributed by atoms with Crippen LogP contribution in [0.5, 0.6) is 0 Å². The quantitative estimate of drug-likeness (QED) is 0.868.